The van der Waals surface area contributed by atoms with Crippen LogP contribution in [0.15, 0.2) is 60.7 Å². The van der Waals surface area contributed by atoms with Gasteiger partial charge >= 0.3 is 0 Å². The second-order valence-corrected chi connectivity index (χ2v) is 5.16. The first-order chi connectivity index (χ1) is 10.4. The molecule has 0 saturated heterocycles. The van der Waals surface area contributed by atoms with Gasteiger partial charge in [-0.25, -0.2) is 0 Å². The molecule has 0 aliphatic heterocycles. The smallest absolute Gasteiger partial charge is 0.0477 e. The SMILES string of the molecule is CCOCCCNC(Cc1ccccc1)c1ccccc1. The summed E-state index contributed by atoms with van der Waals surface area (Å²) in [6.07, 6.45) is 2.06. The van der Waals surface area contributed by atoms with Crippen LogP contribution in [-0.4, -0.2) is 19.8 Å². The van der Waals surface area contributed by atoms with Gasteiger partial charge in [0.15, 0.2) is 0 Å². The van der Waals surface area contributed by atoms with Gasteiger partial charge in [-0.2, -0.15) is 0 Å². The predicted molar refractivity (Wildman–Crippen MR) is 88.4 cm³/mol. The van der Waals surface area contributed by atoms with E-state index in [4.69, 9.17) is 4.74 Å². The van der Waals surface area contributed by atoms with Gasteiger partial charge in [-0.3, -0.25) is 0 Å². The highest BCUT2D eigenvalue weighted by atomic mass is 16.5. The van der Waals surface area contributed by atoms with E-state index >= 15 is 0 Å². The van der Waals surface area contributed by atoms with Crippen molar-refractivity contribution in [1.82, 2.24) is 5.32 Å². The lowest BCUT2D eigenvalue weighted by Gasteiger charge is -2.19. The molecule has 1 N–H and O–H groups in total. The molecule has 0 fully saturated rings. The molecule has 2 nitrogen and oxygen atoms in total. The molecule has 0 aromatic heterocycles. The van der Waals surface area contributed by atoms with Crippen LogP contribution in [0.4, 0.5) is 0 Å². The van der Waals surface area contributed by atoms with Crippen LogP contribution < -0.4 is 5.32 Å². The van der Waals surface area contributed by atoms with E-state index < -0.39 is 0 Å². The number of nitrogens with one attached hydrogen (secondary N) is 1. The standard InChI is InChI=1S/C19H25NO/c1-2-21-15-9-14-20-19(18-12-7-4-8-13-18)16-17-10-5-3-6-11-17/h3-8,10-13,19-20H,2,9,14-16H2,1H3. The first-order valence-corrected chi connectivity index (χ1v) is 7.80. The van der Waals surface area contributed by atoms with Gasteiger partial charge in [-0.15, -0.1) is 0 Å². The molecule has 2 heteroatoms. The molecule has 21 heavy (non-hydrogen) atoms. The molecule has 0 aliphatic carbocycles. The third-order valence-corrected chi connectivity index (χ3v) is 3.54. The van der Waals surface area contributed by atoms with Crippen molar-refractivity contribution < 1.29 is 4.74 Å². The Hall–Kier alpha value is -1.64. The number of benzene rings is 2. The van der Waals surface area contributed by atoms with Crippen molar-refractivity contribution in [2.24, 2.45) is 0 Å². The molecule has 0 saturated carbocycles. The van der Waals surface area contributed by atoms with Crippen molar-refractivity contribution in [3.8, 4) is 0 Å². The van der Waals surface area contributed by atoms with Gasteiger partial charge in [0.05, 0.1) is 0 Å². The van der Waals surface area contributed by atoms with Crippen LogP contribution in [0.25, 0.3) is 0 Å². The van der Waals surface area contributed by atoms with Gasteiger partial charge in [-0.05, 0) is 37.4 Å². The maximum absolute atomic E-state index is 5.40. The first kappa shape index (κ1) is 15.7. The molecule has 1 atom stereocenters. The van der Waals surface area contributed by atoms with Gasteiger partial charge in [0.25, 0.3) is 0 Å². The summed E-state index contributed by atoms with van der Waals surface area (Å²) in [5.74, 6) is 0. The van der Waals surface area contributed by atoms with E-state index in [1.807, 2.05) is 6.92 Å². The first-order valence-electron chi connectivity index (χ1n) is 7.80. The number of hydrogen-bond donors (Lipinski definition) is 1. The molecule has 112 valence electrons. The molecule has 0 heterocycles. The second-order valence-electron chi connectivity index (χ2n) is 5.16. The summed E-state index contributed by atoms with van der Waals surface area (Å²) >= 11 is 0. The third kappa shape index (κ3) is 5.70. The summed E-state index contributed by atoms with van der Waals surface area (Å²) in [5.41, 5.74) is 2.71. The Morgan fingerprint density at radius 2 is 1.62 bits per heavy atom. The van der Waals surface area contributed by atoms with Crippen LogP contribution in [0.5, 0.6) is 0 Å². The van der Waals surface area contributed by atoms with E-state index in [0.29, 0.717) is 6.04 Å². The number of hydrogen-bond acceptors (Lipinski definition) is 2. The average molecular weight is 283 g/mol. The third-order valence-electron chi connectivity index (χ3n) is 3.54. The molecule has 2 aromatic rings. The van der Waals surface area contributed by atoms with Crippen molar-refractivity contribution in [2.45, 2.75) is 25.8 Å². The van der Waals surface area contributed by atoms with Crippen LogP contribution in [0, 0.1) is 0 Å². The fourth-order valence-electron chi connectivity index (χ4n) is 2.44. The predicted octanol–water partition coefficient (Wildman–Crippen LogP) is 3.99. The monoisotopic (exact) mass is 283 g/mol. The minimum Gasteiger partial charge on any atom is -0.382 e. The Morgan fingerprint density at radius 1 is 0.952 bits per heavy atom. The fourth-order valence-corrected chi connectivity index (χ4v) is 2.44. The lowest BCUT2D eigenvalue weighted by Crippen LogP contribution is -2.25. The van der Waals surface area contributed by atoms with E-state index in [-0.39, 0.29) is 0 Å². The highest BCUT2D eigenvalue weighted by Gasteiger charge is 2.11. The van der Waals surface area contributed by atoms with Gasteiger partial charge < -0.3 is 10.1 Å². The van der Waals surface area contributed by atoms with Crippen LogP contribution >= 0.6 is 0 Å². The fraction of sp³-hybridized carbons (Fsp3) is 0.368. The van der Waals surface area contributed by atoms with Crippen LogP contribution in [0.3, 0.4) is 0 Å². The van der Waals surface area contributed by atoms with E-state index in [1.54, 1.807) is 0 Å². The van der Waals surface area contributed by atoms with Crippen molar-refractivity contribution in [2.75, 3.05) is 19.8 Å². The minimum atomic E-state index is 0.357. The second kappa shape index (κ2) is 9.32. The average Bonchev–Trinajstić information content (AvgIpc) is 2.55. The Bertz CT molecular complexity index is 483. The Labute approximate surface area is 128 Å². The molecule has 0 aliphatic rings. The molecule has 1 unspecified atom stereocenters. The number of rotatable bonds is 9. The van der Waals surface area contributed by atoms with Gasteiger partial charge in [0, 0.05) is 19.3 Å². The summed E-state index contributed by atoms with van der Waals surface area (Å²) in [7, 11) is 0. The Morgan fingerprint density at radius 3 is 2.29 bits per heavy atom. The molecule has 0 radical (unpaired) electrons. The highest BCUT2D eigenvalue weighted by Crippen LogP contribution is 2.18. The molecule has 0 amide bonds. The van der Waals surface area contributed by atoms with Crippen molar-refractivity contribution in [3.63, 3.8) is 0 Å². The van der Waals surface area contributed by atoms with Crippen molar-refractivity contribution in [1.29, 1.82) is 0 Å². The molecule has 0 bridgehead atoms. The minimum absolute atomic E-state index is 0.357. The van der Waals surface area contributed by atoms with Gasteiger partial charge in [-0.1, -0.05) is 60.7 Å². The van der Waals surface area contributed by atoms with Gasteiger partial charge in [0.1, 0.15) is 0 Å². The van der Waals surface area contributed by atoms with Crippen LogP contribution in [0.1, 0.15) is 30.5 Å². The highest BCUT2D eigenvalue weighted by molar-refractivity contribution is 5.23. The summed E-state index contributed by atoms with van der Waals surface area (Å²) in [6.45, 7) is 4.64. The lowest BCUT2D eigenvalue weighted by atomic mass is 9.99. The summed E-state index contributed by atoms with van der Waals surface area (Å²) in [5, 5.41) is 3.66. The zero-order chi connectivity index (χ0) is 14.8. The van der Waals surface area contributed by atoms with E-state index in [1.165, 1.54) is 11.1 Å². The summed E-state index contributed by atoms with van der Waals surface area (Å²) in [6, 6.07) is 21.7. The topological polar surface area (TPSA) is 21.3 Å². The largest absolute Gasteiger partial charge is 0.382 e. The van der Waals surface area contributed by atoms with Crippen molar-refractivity contribution >= 4 is 0 Å². The normalized spacial score (nSPS) is 12.2. The van der Waals surface area contributed by atoms with Crippen LogP contribution in [0.2, 0.25) is 0 Å². The quantitative estimate of drug-likeness (QED) is 0.703. The Balaban J connectivity index is 1.94. The summed E-state index contributed by atoms with van der Waals surface area (Å²) in [4.78, 5) is 0. The van der Waals surface area contributed by atoms with E-state index in [2.05, 4.69) is 66.0 Å². The zero-order valence-electron chi connectivity index (χ0n) is 12.8. The van der Waals surface area contributed by atoms with Gasteiger partial charge in [0.2, 0.25) is 0 Å². The molecule has 0 spiro atoms. The summed E-state index contributed by atoms with van der Waals surface area (Å²) < 4.78 is 5.40. The zero-order valence-corrected chi connectivity index (χ0v) is 12.8. The van der Waals surface area contributed by atoms with E-state index in [0.717, 1.165) is 32.6 Å². The van der Waals surface area contributed by atoms with Crippen molar-refractivity contribution in [3.05, 3.63) is 71.8 Å². The maximum Gasteiger partial charge on any atom is 0.0477 e. The number of ether oxygens (including phenoxy) is 1. The molecule has 2 rings (SSSR count). The molecular formula is C19H25NO. The van der Waals surface area contributed by atoms with E-state index in [9.17, 15) is 0 Å². The Kier molecular flexibility index (Phi) is 6.99. The van der Waals surface area contributed by atoms with Crippen LogP contribution in [-0.2, 0) is 11.2 Å². The molecule has 2 aromatic carbocycles. The molecular weight excluding hydrogens is 258 g/mol. The lowest BCUT2D eigenvalue weighted by molar-refractivity contribution is 0.144. The maximum atomic E-state index is 5.40.